The van der Waals surface area contributed by atoms with Gasteiger partial charge in [-0.15, -0.1) is 0 Å². The zero-order valence-corrected chi connectivity index (χ0v) is 17.7. The lowest BCUT2D eigenvalue weighted by atomic mass is 9.86. The van der Waals surface area contributed by atoms with E-state index in [4.69, 9.17) is 4.74 Å². The van der Waals surface area contributed by atoms with Crippen molar-refractivity contribution >= 4 is 6.03 Å². The average Bonchev–Trinajstić information content (AvgIpc) is 3.18. The van der Waals surface area contributed by atoms with Crippen LogP contribution in [-0.2, 0) is 4.74 Å². The van der Waals surface area contributed by atoms with Crippen molar-refractivity contribution in [3.05, 3.63) is 35.9 Å². The molecule has 0 aromatic rings. The number of allylic oxidation sites excluding steroid dienone is 1. The predicted octanol–water partition coefficient (Wildman–Crippen LogP) is 1.38. The van der Waals surface area contributed by atoms with Crippen molar-refractivity contribution in [2.24, 2.45) is 5.92 Å². The normalized spacial score (nSPS) is 33.2. The fourth-order valence-electron chi connectivity index (χ4n) is 4.88. The highest BCUT2D eigenvalue weighted by molar-refractivity contribution is 5.77. The monoisotopic (exact) mass is 409 g/mol. The number of hydrogen-bond acceptors (Lipinski definition) is 5. The molecule has 4 saturated heterocycles. The Morgan fingerprint density at radius 3 is 2.73 bits per heavy atom. The standard InChI is InChI=1S/C23H31N5O2/c1-25-11-13-26(14-12-25)7-2-3-20-16-19-17-28(10-6-21(19)30-20)23(29)24-22-15-18-4-8-27(22)9-5-18/h6,10,16-18,21-22H,4-5,7-9,11-15H2,1H3,(H,24,29). The zero-order valence-electron chi connectivity index (χ0n) is 17.7. The van der Waals surface area contributed by atoms with E-state index >= 15 is 0 Å². The number of amides is 2. The van der Waals surface area contributed by atoms with E-state index in [1.165, 1.54) is 12.8 Å². The van der Waals surface area contributed by atoms with Gasteiger partial charge in [0.15, 0.2) is 5.76 Å². The van der Waals surface area contributed by atoms with E-state index in [2.05, 4.69) is 38.9 Å². The van der Waals surface area contributed by atoms with Gasteiger partial charge in [-0.1, -0.05) is 5.92 Å². The molecule has 6 rings (SSSR count). The molecular formula is C23H31N5O2. The number of piperidine rings is 3. The number of hydrogen-bond donors (Lipinski definition) is 1. The second-order valence-electron chi connectivity index (χ2n) is 8.99. The molecule has 2 amide bonds. The molecule has 0 radical (unpaired) electrons. The summed E-state index contributed by atoms with van der Waals surface area (Å²) in [6.45, 7) is 7.27. The number of carbonyl (C=O) groups excluding carboxylic acids is 1. The maximum Gasteiger partial charge on any atom is 0.326 e. The molecule has 2 atom stereocenters. The maximum atomic E-state index is 12.8. The van der Waals surface area contributed by atoms with E-state index < -0.39 is 0 Å². The van der Waals surface area contributed by atoms with Crippen molar-refractivity contribution < 1.29 is 9.53 Å². The minimum Gasteiger partial charge on any atom is -0.473 e. The smallest absolute Gasteiger partial charge is 0.326 e. The first-order valence-electron chi connectivity index (χ1n) is 11.1. The van der Waals surface area contributed by atoms with Crippen molar-refractivity contribution in [2.45, 2.75) is 31.5 Å². The van der Waals surface area contributed by atoms with Crippen LogP contribution >= 0.6 is 0 Å². The summed E-state index contributed by atoms with van der Waals surface area (Å²) in [7, 11) is 2.16. The quantitative estimate of drug-likeness (QED) is 0.699. The topological polar surface area (TPSA) is 51.3 Å². The number of urea groups is 1. The van der Waals surface area contributed by atoms with E-state index in [1.54, 1.807) is 11.1 Å². The van der Waals surface area contributed by atoms with Crippen LogP contribution in [0.1, 0.15) is 19.3 Å². The molecule has 0 aliphatic carbocycles. The molecule has 6 aliphatic rings. The van der Waals surface area contributed by atoms with Crippen molar-refractivity contribution in [3.8, 4) is 11.8 Å². The van der Waals surface area contributed by atoms with Gasteiger partial charge in [-0.3, -0.25) is 14.7 Å². The molecule has 7 nitrogen and oxygen atoms in total. The molecular weight excluding hydrogens is 378 g/mol. The number of ether oxygens (including phenoxy) is 1. The molecule has 7 heteroatoms. The lowest BCUT2D eigenvalue weighted by Gasteiger charge is -2.45. The molecule has 4 fully saturated rings. The maximum absolute atomic E-state index is 12.8. The highest BCUT2D eigenvalue weighted by atomic mass is 16.5. The fraction of sp³-hybridized carbons (Fsp3) is 0.609. The third-order valence-electron chi connectivity index (χ3n) is 6.87. The van der Waals surface area contributed by atoms with Crippen LogP contribution in [-0.4, -0.2) is 90.8 Å². The van der Waals surface area contributed by atoms with Crippen LogP contribution in [0, 0.1) is 17.8 Å². The van der Waals surface area contributed by atoms with E-state index in [0.29, 0.717) is 5.76 Å². The number of rotatable bonds is 2. The van der Waals surface area contributed by atoms with Crippen LogP contribution in [0.25, 0.3) is 0 Å². The van der Waals surface area contributed by atoms with Gasteiger partial charge in [-0.05, 0) is 50.3 Å². The highest BCUT2D eigenvalue weighted by Gasteiger charge is 2.35. The molecule has 0 spiro atoms. The SMILES string of the molecule is CN1CCN(CC#CC2=CC3=CN(C(=O)NC4CC5CCN4CC5)C=CC3O2)CC1. The number of likely N-dealkylation sites (N-methyl/N-ethyl adjacent to an activating group) is 1. The Bertz CT molecular complexity index is 822. The van der Waals surface area contributed by atoms with Crippen LogP contribution < -0.4 is 5.32 Å². The van der Waals surface area contributed by atoms with Gasteiger partial charge in [0.1, 0.15) is 6.10 Å². The third kappa shape index (κ3) is 4.27. The summed E-state index contributed by atoms with van der Waals surface area (Å²) in [5.74, 6) is 7.84. The van der Waals surface area contributed by atoms with Crippen molar-refractivity contribution in [1.82, 2.24) is 24.9 Å². The van der Waals surface area contributed by atoms with Gasteiger partial charge < -0.3 is 15.0 Å². The molecule has 1 N–H and O–H groups in total. The molecule has 6 aliphatic heterocycles. The van der Waals surface area contributed by atoms with Gasteiger partial charge in [0.25, 0.3) is 0 Å². The summed E-state index contributed by atoms with van der Waals surface area (Å²) >= 11 is 0. The van der Waals surface area contributed by atoms with E-state index in [0.717, 1.165) is 63.7 Å². The Labute approximate surface area is 179 Å². The Hall–Kier alpha value is -2.27. The van der Waals surface area contributed by atoms with Crippen LogP contribution in [0.3, 0.4) is 0 Å². The second-order valence-corrected chi connectivity index (χ2v) is 8.99. The highest BCUT2D eigenvalue weighted by Crippen LogP contribution is 2.31. The molecule has 160 valence electrons. The number of carbonyl (C=O) groups is 1. The van der Waals surface area contributed by atoms with Gasteiger partial charge in [0, 0.05) is 57.2 Å². The molecule has 0 aromatic carbocycles. The summed E-state index contributed by atoms with van der Waals surface area (Å²) in [5.41, 5.74) is 0.974. The van der Waals surface area contributed by atoms with Gasteiger partial charge >= 0.3 is 6.03 Å². The van der Waals surface area contributed by atoms with Crippen molar-refractivity contribution in [1.29, 1.82) is 0 Å². The van der Waals surface area contributed by atoms with Gasteiger partial charge in [-0.25, -0.2) is 4.79 Å². The van der Waals surface area contributed by atoms with E-state index in [1.807, 2.05) is 18.4 Å². The first-order valence-corrected chi connectivity index (χ1v) is 11.1. The molecule has 2 bridgehead atoms. The average molecular weight is 410 g/mol. The first kappa shape index (κ1) is 19.7. The molecule has 2 unspecified atom stereocenters. The molecule has 30 heavy (non-hydrogen) atoms. The molecule has 0 aromatic heterocycles. The third-order valence-corrected chi connectivity index (χ3v) is 6.87. The minimum atomic E-state index is -0.142. The number of nitrogens with zero attached hydrogens (tertiary/aromatic N) is 4. The summed E-state index contributed by atoms with van der Waals surface area (Å²) in [6, 6.07) is -0.0715. The van der Waals surface area contributed by atoms with Gasteiger partial charge in [0.05, 0.1) is 12.7 Å². The fourth-order valence-corrected chi connectivity index (χ4v) is 4.88. The number of nitrogens with one attached hydrogen (secondary N) is 1. The summed E-state index contributed by atoms with van der Waals surface area (Å²) in [5, 5.41) is 3.20. The lowest BCUT2D eigenvalue weighted by molar-refractivity contribution is 0.0357. The van der Waals surface area contributed by atoms with Crippen LogP contribution in [0.4, 0.5) is 4.79 Å². The Kier molecular flexibility index (Phi) is 5.55. The van der Waals surface area contributed by atoms with Crippen molar-refractivity contribution in [2.75, 3.05) is 52.9 Å². The summed E-state index contributed by atoms with van der Waals surface area (Å²) in [6.07, 6.45) is 11.2. The summed E-state index contributed by atoms with van der Waals surface area (Å²) < 4.78 is 5.93. The summed E-state index contributed by atoms with van der Waals surface area (Å²) in [4.78, 5) is 21.5. The minimum absolute atomic E-state index is 0.0715. The van der Waals surface area contributed by atoms with Gasteiger partial charge in [0.2, 0.25) is 0 Å². The zero-order chi connectivity index (χ0) is 20.5. The Morgan fingerprint density at radius 2 is 2.00 bits per heavy atom. The van der Waals surface area contributed by atoms with Crippen LogP contribution in [0.5, 0.6) is 0 Å². The van der Waals surface area contributed by atoms with Gasteiger partial charge in [-0.2, -0.15) is 0 Å². The van der Waals surface area contributed by atoms with E-state index in [-0.39, 0.29) is 18.3 Å². The second kappa shape index (κ2) is 8.46. The molecule has 6 heterocycles. The lowest BCUT2D eigenvalue weighted by Crippen LogP contribution is -2.57. The van der Waals surface area contributed by atoms with Crippen LogP contribution in [0.15, 0.2) is 35.9 Å². The number of fused-ring (bicyclic) bond motifs is 4. The Balaban J connectivity index is 1.16. The Morgan fingerprint density at radius 1 is 1.20 bits per heavy atom. The van der Waals surface area contributed by atoms with E-state index in [9.17, 15) is 4.79 Å². The predicted molar refractivity (Wildman–Crippen MR) is 115 cm³/mol. The van der Waals surface area contributed by atoms with Crippen LogP contribution in [0.2, 0.25) is 0 Å². The van der Waals surface area contributed by atoms with Crippen molar-refractivity contribution in [3.63, 3.8) is 0 Å². The number of piperazine rings is 1. The molecule has 0 saturated carbocycles. The first-order chi connectivity index (χ1) is 14.6. The largest absolute Gasteiger partial charge is 0.473 e.